The monoisotopic (exact) mass is 424 g/mol. The van der Waals surface area contributed by atoms with Crippen LogP contribution in [0.25, 0.3) is 25.1 Å². The Morgan fingerprint density at radius 1 is 1.17 bits per heavy atom. The van der Waals surface area contributed by atoms with Gasteiger partial charge in [-0.05, 0) is 65.4 Å². The average molecular weight is 424 g/mol. The van der Waals surface area contributed by atoms with Gasteiger partial charge in [-0.15, -0.1) is 11.3 Å². The van der Waals surface area contributed by atoms with Crippen LogP contribution in [0, 0.1) is 6.57 Å². The Morgan fingerprint density at radius 2 is 1.80 bits per heavy atom. The molecule has 2 aromatic heterocycles. The van der Waals surface area contributed by atoms with Crippen LogP contribution in [0.5, 0.6) is 0 Å². The molecule has 0 atom stereocenters. The largest absolute Gasteiger partial charge is 0.495 e. The first-order valence-electron chi connectivity index (χ1n) is 9.87. The van der Waals surface area contributed by atoms with E-state index in [9.17, 15) is 4.79 Å². The fraction of sp³-hybridized carbons (Fsp3) is 0.455. The molecule has 1 aliphatic rings. The number of benzene rings is 1. The second kappa shape index (κ2) is 6.58. The lowest BCUT2D eigenvalue weighted by molar-refractivity contribution is 0.00578. The van der Waals surface area contributed by atoms with Crippen molar-refractivity contribution in [2.45, 2.75) is 65.3 Å². The fourth-order valence-electron chi connectivity index (χ4n) is 3.51. The highest BCUT2D eigenvalue weighted by molar-refractivity contribution is 7.26. The number of thiophene rings is 1. The van der Waals surface area contributed by atoms with Gasteiger partial charge in [0.1, 0.15) is 10.4 Å². The third-order valence-corrected chi connectivity index (χ3v) is 6.83. The van der Waals surface area contributed by atoms with Gasteiger partial charge in [-0.25, -0.2) is 9.64 Å². The topological polar surface area (TPSA) is 54.1 Å². The zero-order valence-corrected chi connectivity index (χ0v) is 19.1. The minimum atomic E-state index is -0.628. The normalized spacial score (nSPS) is 18.1. The van der Waals surface area contributed by atoms with Gasteiger partial charge < -0.3 is 14.0 Å². The smallest absolute Gasteiger partial charge is 0.443 e. The summed E-state index contributed by atoms with van der Waals surface area (Å²) in [6.45, 7) is 21.2. The summed E-state index contributed by atoms with van der Waals surface area (Å²) < 4.78 is 20.5. The third kappa shape index (κ3) is 3.22. The van der Waals surface area contributed by atoms with Gasteiger partial charge in [0.15, 0.2) is 0 Å². The van der Waals surface area contributed by atoms with Crippen LogP contribution in [0.4, 0.5) is 10.5 Å². The van der Waals surface area contributed by atoms with Crippen molar-refractivity contribution < 1.29 is 18.8 Å². The predicted molar refractivity (Wildman–Crippen MR) is 121 cm³/mol. The molecule has 1 aromatic carbocycles. The van der Waals surface area contributed by atoms with Crippen molar-refractivity contribution in [1.82, 2.24) is 4.57 Å². The van der Waals surface area contributed by atoms with Crippen LogP contribution in [0.1, 0.15) is 48.5 Å². The minimum absolute atomic E-state index is 0.408. The Bertz CT molecular complexity index is 1190. The van der Waals surface area contributed by atoms with E-state index in [1.807, 2.05) is 66.7 Å². The van der Waals surface area contributed by atoms with E-state index in [-0.39, 0.29) is 0 Å². The van der Waals surface area contributed by atoms with E-state index in [0.717, 1.165) is 20.9 Å². The van der Waals surface area contributed by atoms with Crippen LogP contribution in [-0.2, 0) is 14.0 Å². The molecule has 156 valence electrons. The number of aromatic nitrogens is 1. The molecular weight excluding hydrogens is 399 g/mol. The van der Waals surface area contributed by atoms with Gasteiger partial charge in [0.05, 0.1) is 17.8 Å². The molecule has 6 nitrogen and oxygen atoms in total. The summed E-state index contributed by atoms with van der Waals surface area (Å²) >= 11 is 1.46. The molecule has 0 saturated carbocycles. The molecular formula is C22H25BN2O4S. The Kier molecular flexibility index (Phi) is 4.59. The van der Waals surface area contributed by atoms with Crippen LogP contribution in [-0.4, -0.2) is 34.6 Å². The fourth-order valence-corrected chi connectivity index (χ4v) is 4.72. The number of carbonyl (C=O) groups is 1. The molecule has 0 aliphatic carbocycles. The molecule has 8 heteroatoms. The van der Waals surface area contributed by atoms with Gasteiger partial charge >= 0.3 is 13.2 Å². The molecule has 0 unspecified atom stereocenters. The van der Waals surface area contributed by atoms with Gasteiger partial charge in [0.25, 0.3) is 0 Å². The summed E-state index contributed by atoms with van der Waals surface area (Å²) in [5, 5.41) is 1.63. The minimum Gasteiger partial charge on any atom is -0.443 e. The first-order valence-corrected chi connectivity index (χ1v) is 10.7. The molecule has 4 rings (SSSR count). The predicted octanol–water partition coefficient (Wildman–Crippen LogP) is 5.49. The van der Waals surface area contributed by atoms with Crippen LogP contribution >= 0.6 is 11.3 Å². The van der Waals surface area contributed by atoms with E-state index < -0.39 is 30.0 Å². The summed E-state index contributed by atoms with van der Waals surface area (Å²) in [4.78, 5) is 17.2. The van der Waals surface area contributed by atoms with Crippen molar-refractivity contribution >= 4 is 56.0 Å². The highest BCUT2D eigenvalue weighted by Crippen LogP contribution is 2.42. The molecule has 1 aliphatic heterocycles. The maximum Gasteiger partial charge on any atom is 0.495 e. The van der Waals surface area contributed by atoms with Crippen LogP contribution < -0.4 is 5.46 Å². The zero-order chi connectivity index (χ0) is 22.1. The average Bonchev–Trinajstić information content (AvgIpc) is 3.21. The van der Waals surface area contributed by atoms with E-state index in [2.05, 4.69) is 4.85 Å². The summed E-state index contributed by atoms with van der Waals surface area (Å²) in [5.41, 5.74) is -0.299. The maximum atomic E-state index is 12.8. The van der Waals surface area contributed by atoms with Crippen molar-refractivity contribution in [3.63, 3.8) is 0 Å². The van der Waals surface area contributed by atoms with E-state index in [1.165, 1.54) is 15.9 Å². The van der Waals surface area contributed by atoms with Gasteiger partial charge in [-0.2, -0.15) is 0 Å². The molecule has 3 heterocycles. The summed E-state index contributed by atoms with van der Waals surface area (Å²) in [6, 6.07) is 5.91. The van der Waals surface area contributed by atoms with Crippen molar-refractivity contribution in [1.29, 1.82) is 0 Å². The highest BCUT2D eigenvalue weighted by Gasteiger charge is 2.52. The quantitative estimate of drug-likeness (QED) is 0.383. The van der Waals surface area contributed by atoms with E-state index in [4.69, 9.17) is 20.6 Å². The number of rotatable bonds is 1. The van der Waals surface area contributed by atoms with Gasteiger partial charge in [0, 0.05) is 16.3 Å². The number of carbonyl (C=O) groups excluding carboxylic acids is 1. The number of fused-ring (bicyclic) bond motifs is 3. The Labute approximate surface area is 180 Å². The Hall–Kier alpha value is -2.34. The van der Waals surface area contributed by atoms with Crippen molar-refractivity contribution in [2.24, 2.45) is 0 Å². The number of hydrogen-bond donors (Lipinski definition) is 0. The Balaban J connectivity index is 1.92. The van der Waals surface area contributed by atoms with Crippen molar-refractivity contribution in [3.8, 4) is 0 Å². The number of nitrogens with zero attached hydrogens (tertiary/aromatic N) is 2. The second-order valence-corrected chi connectivity index (χ2v) is 10.6. The molecule has 0 spiro atoms. The van der Waals surface area contributed by atoms with E-state index >= 15 is 0 Å². The van der Waals surface area contributed by atoms with Gasteiger partial charge in [-0.1, -0.05) is 12.1 Å². The van der Waals surface area contributed by atoms with Crippen LogP contribution in [0.3, 0.4) is 0 Å². The third-order valence-electron chi connectivity index (χ3n) is 5.67. The molecule has 0 bridgehead atoms. The number of ether oxygens (including phenoxy) is 1. The van der Waals surface area contributed by atoms with Crippen molar-refractivity contribution in [3.05, 3.63) is 35.8 Å². The first-order chi connectivity index (χ1) is 13.8. The Morgan fingerprint density at radius 3 is 2.37 bits per heavy atom. The van der Waals surface area contributed by atoms with Crippen LogP contribution in [0.2, 0.25) is 0 Å². The van der Waals surface area contributed by atoms with E-state index in [0.29, 0.717) is 10.5 Å². The highest BCUT2D eigenvalue weighted by atomic mass is 32.1. The number of hydrogen-bond acceptors (Lipinski definition) is 5. The summed E-state index contributed by atoms with van der Waals surface area (Å²) in [6.07, 6.45) is 1.06. The molecule has 0 amide bonds. The van der Waals surface area contributed by atoms with Gasteiger partial charge in [-0.3, -0.25) is 4.57 Å². The second-order valence-electron chi connectivity index (χ2n) is 9.57. The zero-order valence-electron chi connectivity index (χ0n) is 18.3. The molecule has 0 N–H and O–H groups in total. The lowest BCUT2D eigenvalue weighted by Crippen LogP contribution is -2.41. The standard InChI is InChI=1S/C22H25BN2O4S/c1-20(2,3)27-19(26)25-12-14(24-8)17-16-13(10-9-11-15(16)30-18(17)25)23-28-21(4,5)22(6,7)29-23/h9-12H,1-7H3. The molecule has 1 saturated heterocycles. The lowest BCUT2D eigenvalue weighted by atomic mass is 9.76. The van der Waals surface area contributed by atoms with Crippen molar-refractivity contribution in [2.75, 3.05) is 0 Å². The molecule has 3 aromatic rings. The summed E-state index contributed by atoms with van der Waals surface area (Å²) in [5.74, 6) is 0. The van der Waals surface area contributed by atoms with Crippen LogP contribution in [0.15, 0.2) is 24.4 Å². The van der Waals surface area contributed by atoms with E-state index in [1.54, 1.807) is 6.20 Å². The molecule has 30 heavy (non-hydrogen) atoms. The SMILES string of the molecule is [C-]#[N+]c1cn(C(=O)OC(C)(C)C)c2sc3cccc(B4OC(C)(C)C(C)(C)O4)c3c12. The maximum absolute atomic E-state index is 12.8. The summed E-state index contributed by atoms with van der Waals surface area (Å²) in [7, 11) is -0.556. The first kappa shape index (κ1) is 20.9. The lowest BCUT2D eigenvalue weighted by Gasteiger charge is -2.32. The van der Waals surface area contributed by atoms with Gasteiger partial charge in [0.2, 0.25) is 5.69 Å². The molecule has 1 fully saturated rings. The molecule has 0 radical (unpaired) electrons.